The number of amides is 4. The van der Waals surface area contributed by atoms with E-state index in [0.29, 0.717) is 21.7 Å². The normalized spacial score (nSPS) is 25.9. The summed E-state index contributed by atoms with van der Waals surface area (Å²) in [5.74, 6) is -9.59. The number of nitrogens with one attached hydrogen (secondary N) is 1. The van der Waals surface area contributed by atoms with Gasteiger partial charge in [-0.3, -0.25) is 24.6 Å². The van der Waals surface area contributed by atoms with Gasteiger partial charge in [0.25, 0.3) is 11.8 Å². The number of carboxylic acid groups (broad SMARTS) is 1. The van der Waals surface area contributed by atoms with E-state index < -0.39 is 81.7 Å². The Kier molecular flexibility index (Phi) is 8.22. The predicted molar refractivity (Wildman–Crippen MR) is 191 cm³/mol. The van der Waals surface area contributed by atoms with Gasteiger partial charge in [0.05, 0.1) is 41.7 Å². The summed E-state index contributed by atoms with van der Waals surface area (Å²) in [7, 11) is 1.38. The highest BCUT2D eigenvalue weighted by Crippen LogP contribution is 2.64. The largest absolute Gasteiger partial charge is 0.507 e. The minimum atomic E-state index is -1.64. The lowest BCUT2D eigenvalue weighted by atomic mass is 9.49. The second kappa shape index (κ2) is 12.7. The number of ether oxygens (including phenoxy) is 1. The molecule has 4 aromatic carbocycles. The standard InChI is InChI=1S/C40H31ClFN3O9/c1-54-32-16-19(2-15-30(32)46)34-25-13-14-27-33(37(50)44(35(27)48)24-11-12-26(38(51)52)31(47)17-24)28(25)18-29-36(49)45(43-23-9-7-22(42)8-10-23)39(53)40(29,34)20-3-5-21(41)6-4-20/h2-13,15-17,27-29,33-34,43,46-47H,14,18H2,1H3,(H,51,52)/t27-,28+,29-,33-,34-,40+/m0/s1. The number of hydrogen-bond acceptors (Lipinski definition) is 9. The maximum absolute atomic E-state index is 15.2. The van der Waals surface area contributed by atoms with Crippen molar-refractivity contribution < 1.29 is 48.4 Å². The highest BCUT2D eigenvalue weighted by molar-refractivity contribution is 6.30. The molecule has 54 heavy (non-hydrogen) atoms. The van der Waals surface area contributed by atoms with Gasteiger partial charge in [-0.05, 0) is 90.6 Å². The zero-order valence-electron chi connectivity index (χ0n) is 28.4. The molecule has 0 unspecified atom stereocenters. The number of imide groups is 2. The fraction of sp³-hybridized carbons (Fsp3) is 0.225. The minimum absolute atomic E-state index is 0.00335. The molecule has 4 aliphatic rings. The molecule has 14 heteroatoms. The van der Waals surface area contributed by atoms with Crippen LogP contribution in [0.4, 0.5) is 15.8 Å². The average Bonchev–Trinajstić information content (AvgIpc) is 3.53. The number of nitrogens with zero attached hydrogens (tertiary/aromatic N) is 2. The average molecular weight is 752 g/mol. The number of fused-ring (bicyclic) bond motifs is 4. The number of carbonyl (C=O) groups excluding carboxylic acids is 4. The molecule has 4 N–H and O–H groups in total. The van der Waals surface area contributed by atoms with Gasteiger partial charge in [0, 0.05) is 17.0 Å². The van der Waals surface area contributed by atoms with Gasteiger partial charge >= 0.3 is 5.97 Å². The highest BCUT2D eigenvalue weighted by atomic mass is 35.5. The molecule has 2 aliphatic heterocycles. The first-order valence-corrected chi connectivity index (χ1v) is 17.4. The molecule has 4 amide bonds. The van der Waals surface area contributed by atoms with Gasteiger partial charge in [-0.15, -0.1) is 0 Å². The number of phenolic OH excluding ortho intramolecular Hbond substituents is 1. The molecule has 6 atom stereocenters. The Morgan fingerprint density at radius 3 is 2.28 bits per heavy atom. The molecule has 1 saturated carbocycles. The second-order valence-electron chi connectivity index (χ2n) is 13.8. The smallest absolute Gasteiger partial charge is 0.339 e. The fourth-order valence-electron chi connectivity index (χ4n) is 9.00. The number of phenols is 2. The number of benzene rings is 4. The Morgan fingerprint density at radius 2 is 1.61 bits per heavy atom. The maximum Gasteiger partial charge on any atom is 0.339 e. The fourth-order valence-corrected chi connectivity index (χ4v) is 9.12. The van der Waals surface area contributed by atoms with Crippen LogP contribution in [0.2, 0.25) is 5.02 Å². The van der Waals surface area contributed by atoms with Crippen molar-refractivity contribution in [2.75, 3.05) is 17.4 Å². The SMILES string of the molecule is COc1cc([C@H]2C3=CC[C@@H]4C(=O)N(c5ccc(C(=O)O)c(O)c5)C(=O)[C@@H]4[C@@H]3C[C@H]3C(=O)N(Nc4ccc(F)cc4)C(=O)[C@@]23c2ccc(Cl)cc2)ccc1O. The molecule has 12 nitrogen and oxygen atoms in total. The van der Waals surface area contributed by atoms with Crippen LogP contribution >= 0.6 is 11.6 Å². The van der Waals surface area contributed by atoms with Gasteiger partial charge < -0.3 is 20.1 Å². The number of allylic oxidation sites excluding steroid dienone is 2. The van der Waals surface area contributed by atoms with Crippen molar-refractivity contribution in [3.63, 3.8) is 0 Å². The van der Waals surface area contributed by atoms with Crippen molar-refractivity contribution in [3.8, 4) is 17.2 Å². The maximum atomic E-state index is 15.2. The Bertz CT molecular complexity index is 2310. The third-order valence-electron chi connectivity index (χ3n) is 11.3. The molecule has 0 spiro atoms. The second-order valence-corrected chi connectivity index (χ2v) is 14.3. The molecule has 0 bridgehead atoms. The van der Waals surface area contributed by atoms with E-state index in [2.05, 4.69) is 5.43 Å². The molecular formula is C40H31ClFN3O9. The van der Waals surface area contributed by atoms with E-state index in [1.165, 1.54) is 43.5 Å². The van der Waals surface area contributed by atoms with Gasteiger partial charge in [0.15, 0.2) is 11.5 Å². The quantitative estimate of drug-likeness (QED) is 0.134. The Balaban J connectivity index is 1.31. The first-order valence-electron chi connectivity index (χ1n) is 17.0. The zero-order chi connectivity index (χ0) is 38.2. The van der Waals surface area contributed by atoms with Crippen molar-refractivity contribution in [3.05, 3.63) is 124 Å². The Labute approximate surface area is 312 Å². The Morgan fingerprint density at radius 1 is 0.889 bits per heavy atom. The number of hydrogen-bond donors (Lipinski definition) is 4. The van der Waals surface area contributed by atoms with Crippen LogP contribution in [0.15, 0.2) is 96.6 Å². The lowest BCUT2D eigenvalue weighted by molar-refractivity contribution is -0.138. The number of carboxylic acids is 1. The van der Waals surface area contributed by atoms with Crippen molar-refractivity contribution >= 4 is 52.6 Å². The third kappa shape index (κ3) is 5.06. The highest BCUT2D eigenvalue weighted by Gasteiger charge is 2.70. The van der Waals surface area contributed by atoms with E-state index >= 15 is 4.79 Å². The van der Waals surface area contributed by atoms with Crippen LogP contribution in [0, 0.1) is 29.5 Å². The number of carbonyl (C=O) groups is 5. The lowest BCUT2D eigenvalue weighted by Crippen LogP contribution is -2.53. The van der Waals surface area contributed by atoms with Gasteiger partial charge in [0.1, 0.15) is 17.1 Å². The number of hydrazine groups is 1. The molecule has 274 valence electrons. The van der Waals surface area contributed by atoms with Crippen molar-refractivity contribution in [2.45, 2.75) is 24.2 Å². The van der Waals surface area contributed by atoms with Crippen molar-refractivity contribution in [1.29, 1.82) is 0 Å². The summed E-state index contributed by atoms with van der Waals surface area (Å²) in [4.78, 5) is 71.0. The number of halogens is 2. The lowest BCUT2D eigenvalue weighted by Gasteiger charge is -2.50. The number of rotatable bonds is 7. The summed E-state index contributed by atoms with van der Waals surface area (Å²) in [5.41, 5.74) is 2.69. The van der Waals surface area contributed by atoms with E-state index in [1.807, 2.05) is 6.08 Å². The van der Waals surface area contributed by atoms with Crippen LogP contribution < -0.4 is 15.1 Å². The van der Waals surface area contributed by atoms with Crippen LogP contribution in [0.25, 0.3) is 0 Å². The molecular weight excluding hydrogens is 721 g/mol. The van der Waals surface area contributed by atoms with Crippen LogP contribution in [0.3, 0.4) is 0 Å². The summed E-state index contributed by atoms with van der Waals surface area (Å²) < 4.78 is 19.3. The summed E-state index contributed by atoms with van der Waals surface area (Å²) in [5, 5.41) is 31.8. The van der Waals surface area contributed by atoms with Crippen molar-refractivity contribution in [2.24, 2.45) is 23.7 Å². The zero-order valence-corrected chi connectivity index (χ0v) is 29.2. The van der Waals surface area contributed by atoms with E-state index in [1.54, 1.807) is 36.4 Å². The van der Waals surface area contributed by atoms with Crippen LogP contribution in [-0.4, -0.2) is 57.0 Å². The van der Waals surface area contributed by atoms with Gasteiger partial charge in [-0.25, -0.2) is 14.1 Å². The topological polar surface area (TPSA) is 174 Å². The Hall–Kier alpha value is -6.21. The molecule has 0 radical (unpaired) electrons. The van der Waals surface area contributed by atoms with Gasteiger partial charge in [0.2, 0.25) is 11.8 Å². The molecule has 4 aromatic rings. The monoisotopic (exact) mass is 751 g/mol. The molecule has 0 aromatic heterocycles. The van der Waals surface area contributed by atoms with Crippen molar-refractivity contribution in [1.82, 2.24) is 5.01 Å². The summed E-state index contributed by atoms with van der Waals surface area (Å²) in [6.07, 6.45) is 1.92. The first-order chi connectivity index (χ1) is 25.9. The van der Waals surface area contributed by atoms with E-state index in [0.717, 1.165) is 22.0 Å². The summed E-state index contributed by atoms with van der Waals surface area (Å²) in [6.45, 7) is 0. The predicted octanol–water partition coefficient (Wildman–Crippen LogP) is 5.79. The summed E-state index contributed by atoms with van der Waals surface area (Å²) >= 11 is 6.33. The number of aromatic hydroxyl groups is 2. The van der Waals surface area contributed by atoms with E-state index in [9.17, 15) is 38.9 Å². The molecule has 2 saturated heterocycles. The minimum Gasteiger partial charge on any atom is -0.507 e. The van der Waals surface area contributed by atoms with Gasteiger partial charge in [-0.1, -0.05) is 41.4 Å². The van der Waals surface area contributed by atoms with Crippen LogP contribution in [-0.2, 0) is 24.6 Å². The number of anilines is 2. The van der Waals surface area contributed by atoms with Crippen LogP contribution in [0.1, 0.15) is 40.2 Å². The summed E-state index contributed by atoms with van der Waals surface area (Å²) in [6, 6.07) is 19.8. The number of aromatic carboxylic acids is 1. The molecule has 8 rings (SSSR count). The third-order valence-corrected chi connectivity index (χ3v) is 11.5. The van der Waals surface area contributed by atoms with Gasteiger partial charge in [-0.2, -0.15) is 5.01 Å². The molecule has 2 aliphatic carbocycles. The van der Waals surface area contributed by atoms with E-state index in [-0.39, 0.29) is 35.7 Å². The van der Waals surface area contributed by atoms with Crippen LogP contribution in [0.5, 0.6) is 17.2 Å². The first kappa shape index (κ1) is 34.9. The molecule has 3 fully saturated rings. The van der Waals surface area contributed by atoms with E-state index in [4.69, 9.17) is 16.3 Å². The number of methoxy groups -OCH3 is 1. The molecule has 2 heterocycles.